The average Bonchev–Trinajstić information content (AvgIpc) is 2.73. The molecule has 0 bridgehead atoms. The Morgan fingerprint density at radius 1 is 0.964 bits per heavy atom. The summed E-state index contributed by atoms with van der Waals surface area (Å²) in [7, 11) is 1.36. The molecule has 6 nitrogen and oxygen atoms in total. The molecule has 0 aromatic heterocycles. The summed E-state index contributed by atoms with van der Waals surface area (Å²) in [6.45, 7) is 1.60. The topological polar surface area (TPSA) is 99.4 Å². The van der Waals surface area contributed by atoms with Crippen LogP contribution in [-0.4, -0.2) is 58.6 Å². The minimum atomic E-state index is -1.69. The molecule has 3 rings (SSSR count). The molecule has 28 heavy (non-hydrogen) atoms. The van der Waals surface area contributed by atoms with Crippen molar-refractivity contribution in [2.75, 3.05) is 13.7 Å². The van der Waals surface area contributed by atoms with E-state index in [1.54, 1.807) is 6.07 Å². The molecular formula is C22H28O6. The second-order valence-corrected chi connectivity index (χ2v) is 7.18. The number of aryl methyl sites for hydroxylation is 1. The highest BCUT2D eigenvalue weighted by molar-refractivity contribution is 5.34. The largest absolute Gasteiger partial charge is 0.394 e. The summed E-state index contributed by atoms with van der Waals surface area (Å²) in [6.07, 6.45) is -3.86. The molecule has 1 heterocycles. The lowest BCUT2D eigenvalue weighted by Gasteiger charge is -2.47. The Morgan fingerprint density at radius 3 is 2.25 bits per heavy atom. The van der Waals surface area contributed by atoms with Crippen LogP contribution in [0.2, 0.25) is 0 Å². The molecular weight excluding hydrogens is 360 g/mol. The highest BCUT2D eigenvalue weighted by atomic mass is 16.7. The fourth-order valence-corrected chi connectivity index (χ4v) is 3.69. The van der Waals surface area contributed by atoms with Crippen LogP contribution in [0.1, 0.15) is 29.2 Å². The molecule has 0 amide bonds. The minimum Gasteiger partial charge on any atom is -0.394 e. The summed E-state index contributed by atoms with van der Waals surface area (Å²) in [5.41, 5.74) is 3.91. The summed E-state index contributed by atoms with van der Waals surface area (Å²) in [6, 6.07) is 15.8. The number of rotatable bonds is 6. The van der Waals surface area contributed by atoms with Crippen molar-refractivity contribution in [3.05, 3.63) is 70.8 Å². The van der Waals surface area contributed by atoms with Gasteiger partial charge >= 0.3 is 0 Å². The Bertz CT molecular complexity index is 775. The molecule has 6 heteroatoms. The van der Waals surface area contributed by atoms with Crippen LogP contribution < -0.4 is 0 Å². The molecule has 0 saturated carbocycles. The molecule has 1 fully saturated rings. The van der Waals surface area contributed by atoms with E-state index in [0.717, 1.165) is 17.5 Å². The summed E-state index contributed by atoms with van der Waals surface area (Å²) in [5.74, 6) is -1.69. The highest BCUT2D eigenvalue weighted by Gasteiger charge is 2.55. The van der Waals surface area contributed by atoms with Crippen LogP contribution in [0.25, 0.3) is 0 Å². The number of methoxy groups -OCH3 is 1. The Balaban J connectivity index is 1.91. The molecule has 3 unspecified atom stereocenters. The van der Waals surface area contributed by atoms with Gasteiger partial charge in [0.05, 0.1) is 6.61 Å². The maximum absolute atomic E-state index is 10.6. The highest BCUT2D eigenvalue weighted by Crippen LogP contribution is 2.39. The summed E-state index contributed by atoms with van der Waals surface area (Å²) in [5, 5.41) is 40.4. The zero-order chi connectivity index (χ0) is 20.3. The van der Waals surface area contributed by atoms with Gasteiger partial charge in [-0.3, -0.25) is 0 Å². The van der Waals surface area contributed by atoms with E-state index in [0.29, 0.717) is 12.0 Å². The van der Waals surface area contributed by atoms with Crippen LogP contribution in [0.3, 0.4) is 0 Å². The van der Waals surface area contributed by atoms with Gasteiger partial charge in [-0.2, -0.15) is 0 Å². The van der Waals surface area contributed by atoms with Gasteiger partial charge in [-0.05, 0) is 35.6 Å². The van der Waals surface area contributed by atoms with Crippen LogP contribution >= 0.6 is 0 Å². The number of hydrogen-bond donors (Lipinski definition) is 4. The summed E-state index contributed by atoms with van der Waals surface area (Å²) >= 11 is 0. The lowest BCUT2D eigenvalue weighted by Crippen LogP contribution is -2.64. The standard InChI is InChI=1S/C22H28O6/c1-3-14-7-9-15(10-8-14)11-16-5-4-6-17(12-16)22(27-2)21(26)20(25)19(24)18(13-23)28-22/h4-10,12,18-21,23-26H,3,11,13H2,1-2H3/t18?,19-,20?,21-,22?/m1/s1. The van der Waals surface area contributed by atoms with E-state index < -0.39 is 36.8 Å². The van der Waals surface area contributed by atoms with Crippen molar-refractivity contribution in [1.82, 2.24) is 0 Å². The smallest absolute Gasteiger partial charge is 0.224 e. The molecule has 2 aromatic carbocycles. The van der Waals surface area contributed by atoms with Gasteiger partial charge in [-0.15, -0.1) is 0 Å². The van der Waals surface area contributed by atoms with Crippen molar-refractivity contribution in [1.29, 1.82) is 0 Å². The van der Waals surface area contributed by atoms with Gasteiger partial charge < -0.3 is 29.9 Å². The van der Waals surface area contributed by atoms with Crippen molar-refractivity contribution < 1.29 is 29.9 Å². The van der Waals surface area contributed by atoms with Crippen LogP contribution in [0, 0.1) is 0 Å². The second kappa shape index (κ2) is 8.69. The molecule has 0 radical (unpaired) electrons. The number of aliphatic hydroxyl groups excluding tert-OH is 4. The lowest BCUT2D eigenvalue weighted by molar-refractivity contribution is -0.366. The van der Waals surface area contributed by atoms with Crippen molar-refractivity contribution in [2.45, 2.75) is 50.0 Å². The van der Waals surface area contributed by atoms with Crippen LogP contribution in [-0.2, 0) is 28.1 Å². The first kappa shape index (κ1) is 20.9. The van der Waals surface area contributed by atoms with Crippen LogP contribution in [0.4, 0.5) is 0 Å². The first-order valence-corrected chi connectivity index (χ1v) is 9.50. The number of benzene rings is 2. The Kier molecular flexibility index (Phi) is 6.50. The quantitative estimate of drug-likeness (QED) is 0.592. The Morgan fingerprint density at radius 2 is 1.64 bits per heavy atom. The van der Waals surface area contributed by atoms with Crippen molar-refractivity contribution in [3.63, 3.8) is 0 Å². The zero-order valence-corrected chi connectivity index (χ0v) is 16.2. The second-order valence-electron chi connectivity index (χ2n) is 7.18. The molecule has 0 spiro atoms. The van der Waals surface area contributed by atoms with E-state index in [4.69, 9.17) is 9.47 Å². The Labute approximate surface area is 165 Å². The molecule has 1 aliphatic heterocycles. The molecule has 1 aliphatic rings. The first-order chi connectivity index (χ1) is 13.4. The third-order valence-corrected chi connectivity index (χ3v) is 5.42. The van der Waals surface area contributed by atoms with E-state index in [2.05, 4.69) is 31.2 Å². The average molecular weight is 388 g/mol. The van der Waals surface area contributed by atoms with Gasteiger partial charge in [-0.1, -0.05) is 49.4 Å². The van der Waals surface area contributed by atoms with E-state index in [1.807, 2.05) is 18.2 Å². The third-order valence-electron chi connectivity index (χ3n) is 5.42. The monoisotopic (exact) mass is 388 g/mol. The first-order valence-electron chi connectivity index (χ1n) is 9.50. The van der Waals surface area contributed by atoms with E-state index in [9.17, 15) is 20.4 Å². The molecule has 5 atom stereocenters. The predicted octanol–water partition coefficient (Wildman–Crippen LogP) is 1.11. The molecule has 152 valence electrons. The van der Waals surface area contributed by atoms with E-state index >= 15 is 0 Å². The van der Waals surface area contributed by atoms with Gasteiger partial charge in [-0.25, -0.2) is 0 Å². The predicted molar refractivity (Wildman–Crippen MR) is 104 cm³/mol. The van der Waals surface area contributed by atoms with Crippen molar-refractivity contribution in [2.24, 2.45) is 0 Å². The molecule has 2 aromatic rings. The summed E-state index contributed by atoms with van der Waals surface area (Å²) < 4.78 is 11.3. The lowest BCUT2D eigenvalue weighted by atomic mass is 9.87. The fourth-order valence-electron chi connectivity index (χ4n) is 3.69. The minimum absolute atomic E-state index is 0.509. The SMILES string of the molecule is CCc1ccc(Cc2cccc(C3(OC)OC(CO)[C@@H](O)C(O)[C@H]3O)c2)cc1. The fraction of sp³-hybridized carbons (Fsp3) is 0.455. The number of hydrogen-bond acceptors (Lipinski definition) is 6. The zero-order valence-electron chi connectivity index (χ0n) is 16.2. The van der Waals surface area contributed by atoms with Gasteiger partial charge in [0.25, 0.3) is 0 Å². The third kappa shape index (κ3) is 3.85. The number of ether oxygens (including phenoxy) is 2. The van der Waals surface area contributed by atoms with Gasteiger partial charge in [0.15, 0.2) is 0 Å². The van der Waals surface area contributed by atoms with Crippen LogP contribution in [0.15, 0.2) is 48.5 Å². The Hall–Kier alpha value is -1.80. The number of aliphatic hydroxyl groups is 4. The van der Waals surface area contributed by atoms with Crippen molar-refractivity contribution in [3.8, 4) is 0 Å². The molecule has 0 aliphatic carbocycles. The summed E-state index contributed by atoms with van der Waals surface area (Å²) in [4.78, 5) is 0. The molecule has 4 N–H and O–H groups in total. The molecule has 1 saturated heterocycles. The maximum atomic E-state index is 10.6. The van der Waals surface area contributed by atoms with E-state index in [1.165, 1.54) is 12.7 Å². The normalized spacial score (nSPS) is 30.4. The van der Waals surface area contributed by atoms with Crippen LogP contribution in [0.5, 0.6) is 0 Å². The van der Waals surface area contributed by atoms with Crippen molar-refractivity contribution >= 4 is 0 Å². The maximum Gasteiger partial charge on any atom is 0.224 e. The van der Waals surface area contributed by atoms with Gasteiger partial charge in [0.2, 0.25) is 5.79 Å². The van der Waals surface area contributed by atoms with E-state index in [-0.39, 0.29) is 0 Å². The van der Waals surface area contributed by atoms with Gasteiger partial charge in [0.1, 0.15) is 24.4 Å². The van der Waals surface area contributed by atoms with Gasteiger partial charge in [0, 0.05) is 12.7 Å².